The molecule has 28 heavy (non-hydrogen) atoms. The molecule has 0 saturated heterocycles. The molecule has 8 nitrogen and oxygen atoms in total. The standard InChI is InChI=1S/C19H14BrN5O3/c1-27-13-6-10(5-12(20)17(13)26)14-11(7-21)18(22)28-19-15(14)16(24-25-19)9-3-2-4-23-8-9/h2-6,8,14,26H,22H2,1H3,(H,24,25)/t14-/m0/s1. The van der Waals surface area contributed by atoms with Crippen LogP contribution in [0.25, 0.3) is 11.3 Å². The maximum absolute atomic E-state index is 10.2. The lowest BCUT2D eigenvalue weighted by atomic mass is 9.83. The van der Waals surface area contributed by atoms with Gasteiger partial charge in [-0.25, -0.2) is 0 Å². The van der Waals surface area contributed by atoms with Crippen LogP contribution in [-0.2, 0) is 0 Å². The molecule has 0 bridgehead atoms. The first-order valence-corrected chi connectivity index (χ1v) is 8.97. The van der Waals surface area contributed by atoms with Crippen LogP contribution in [0.2, 0.25) is 0 Å². The fourth-order valence-electron chi connectivity index (χ4n) is 3.23. The Morgan fingerprint density at radius 1 is 1.43 bits per heavy atom. The Kier molecular flexibility index (Phi) is 4.41. The predicted octanol–water partition coefficient (Wildman–Crippen LogP) is 3.17. The molecule has 0 saturated carbocycles. The molecule has 4 N–H and O–H groups in total. The third-order valence-electron chi connectivity index (χ3n) is 4.49. The molecule has 0 spiro atoms. The zero-order valence-electron chi connectivity index (χ0n) is 14.6. The van der Waals surface area contributed by atoms with Gasteiger partial charge >= 0.3 is 0 Å². The Hall–Kier alpha value is -3.51. The molecule has 140 valence electrons. The van der Waals surface area contributed by atoms with Gasteiger partial charge < -0.3 is 20.3 Å². The van der Waals surface area contributed by atoms with Crippen LogP contribution >= 0.6 is 15.9 Å². The van der Waals surface area contributed by atoms with Crippen molar-refractivity contribution in [2.24, 2.45) is 5.73 Å². The highest BCUT2D eigenvalue weighted by Gasteiger charge is 2.36. The molecule has 3 heterocycles. The Balaban J connectivity index is 1.98. The maximum atomic E-state index is 10.2. The van der Waals surface area contributed by atoms with Gasteiger partial charge in [-0.15, -0.1) is 5.10 Å². The van der Waals surface area contributed by atoms with Crippen LogP contribution in [0.3, 0.4) is 0 Å². The van der Waals surface area contributed by atoms with E-state index < -0.39 is 5.92 Å². The quantitative estimate of drug-likeness (QED) is 0.570. The van der Waals surface area contributed by atoms with Crippen molar-refractivity contribution in [2.45, 2.75) is 5.92 Å². The number of allylic oxidation sites excluding steroid dienone is 1. The first kappa shape index (κ1) is 17.9. The van der Waals surface area contributed by atoms with Crippen LogP contribution in [0.1, 0.15) is 17.0 Å². The second-order valence-electron chi connectivity index (χ2n) is 6.04. The Morgan fingerprint density at radius 2 is 2.25 bits per heavy atom. The number of ether oxygens (including phenoxy) is 2. The number of aromatic amines is 1. The number of phenols is 1. The number of hydrogen-bond acceptors (Lipinski definition) is 7. The lowest BCUT2D eigenvalue weighted by Gasteiger charge is -2.24. The lowest BCUT2D eigenvalue weighted by Crippen LogP contribution is -2.21. The van der Waals surface area contributed by atoms with E-state index >= 15 is 0 Å². The molecule has 0 radical (unpaired) electrons. The normalized spacial score (nSPS) is 15.5. The van der Waals surface area contributed by atoms with Gasteiger partial charge in [0.05, 0.1) is 28.8 Å². The topological polar surface area (TPSA) is 130 Å². The summed E-state index contributed by atoms with van der Waals surface area (Å²) < 4.78 is 11.3. The third kappa shape index (κ3) is 2.75. The van der Waals surface area contributed by atoms with Gasteiger partial charge in [-0.3, -0.25) is 10.1 Å². The van der Waals surface area contributed by atoms with E-state index in [9.17, 15) is 10.4 Å². The molecule has 1 aliphatic heterocycles. The average Bonchev–Trinajstić information content (AvgIpc) is 3.12. The van der Waals surface area contributed by atoms with Gasteiger partial charge in [0.2, 0.25) is 11.8 Å². The number of nitrogens with zero attached hydrogens (tertiary/aromatic N) is 3. The van der Waals surface area contributed by atoms with Crippen molar-refractivity contribution in [3.8, 4) is 34.7 Å². The third-order valence-corrected chi connectivity index (χ3v) is 5.10. The zero-order valence-corrected chi connectivity index (χ0v) is 16.2. The smallest absolute Gasteiger partial charge is 0.244 e. The summed E-state index contributed by atoms with van der Waals surface area (Å²) in [5, 5.41) is 27.1. The highest BCUT2D eigenvalue weighted by atomic mass is 79.9. The van der Waals surface area contributed by atoms with Crippen LogP contribution in [-0.4, -0.2) is 27.4 Å². The molecular weight excluding hydrogens is 426 g/mol. The highest BCUT2D eigenvalue weighted by Crippen LogP contribution is 2.48. The largest absolute Gasteiger partial charge is 0.503 e. The number of H-pyrrole nitrogens is 1. The van der Waals surface area contributed by atoms with E-state index in [-0.39, 0.29) is 28.8 Å². The van der Waals surface area contributed by atoms with Crippen molar-refractivity contribution >= 4 is 15.9 Å². The van der Waals surface area contributed by atoms with Gasteiger partial charge in [0, 0.05) is 18.0 Å². The number of methoxy groups -OCH3 is 1. The van der Waals surface area contributed by atoms with Crippen molar-refractivity contribution in [1.82, 2.24) is 15.2 Å². The van der Waals surface area contributed by atoms with Crippen LogP contribution in [0, 0.1) is 11.3 Å². The Labute approximate surface area is 168 Å². The summed E-state index contributed by atoms with van der Waals surface area (Å²) in [6.07, 6.45) is 3.35. The van der Waals surface area contributed by atoms with Crippen molar-refractivity contribution in [3.05, 3.63) is 63.7 Å². The van der Waals surface area contributed by atoms with Crippen LogP contribution in [0.5, 0.6) is 17.4 Å². The summed E-state index contributed by atoms with van der Waals surface area (Å²) in [4.78, 5) is 4.14. The molecule has 3 aromatic rings. The fraction of sp³-hybridized carbons (Fsp3) is 0.105. The SMILES string of the molecule is COc1cc([C@H]2C(C#N)=C(N)Oc3n[nH]c(-c4cccnc4)c32)cc(Br)c1O. The second-order valence-corrected chi connectivity index (χ2v) is 6.89. The number of aromatic nitrogens is 3. The van der Waals surface area contributed by atoms with E-state index in [1.165, 1.54) is 7.11 Å². The zero-order chi connectivity index (χ0) is 19.8. The first-order chi connectivity index (χ1) is 13.5. The van der Waals surface area contributed by atoms with Crippen molar-refractivity contribution < 1.29 is 14.6 Å². The van der Waals surface area contributed by atoms with Crippen LogP contribution in [0.15, 0.2) is 52.6 Å². The number of pyridine rings is 1. The Bertz CT molecular complexity index is 1130. The molecule has 0 fully saturated rings. The summed E-state index contributed by atoms with van der Waals surface area (Å²) in [5.41, 5.74) is 9.01. The maximum Gasteiger partial charge on any atom is 0.244 e. The number of phenolic OH excluding ortho intramolecular Hbond substituents is 1. The van der Waals surface area contributed by atoms with E-state index in [0.717, 1.165) is 5.56 Å². The lowest BCUT2D eigenvalue weighted by molar-refractivity contribution is 0.369. The first-order valence-electron chi connectivity index (χ1n) is 8.17. The number of nitrogens with two attached hydrogens (primary N) is 1. The second kappa shape index (κ2) is 6.90. The van der Waals surface area contributed by atoms with E-state index in [4.69, 9.17) is 15.2 Å². The fourth-order valence-corrected chi connectivity index (χ4v) is 3.68. The number of benzene rings is 1. The molecule has 9 heteroatoms. The number of nitriles is 1. The molecule has 0 unspecified atom stereocenters. The van der Waals surface area contributed by atoms with Crippen molar-refractivity contribution in [1.29, 1.82) is 5.26 Å². The van der Waals surface area contributed by atoms with Gasteiger partial charge in [0.1, 0.15) is 11.6 Å². The minimum Gasteiger partial charge on any atom is -0.503 e. The molecule has 0 amide bonds. The average molecular weight is 440 g/mol. The summed E-state index contributed by atoms with van der Waals surface area (Å²) in [6, 6.07) is 9.18. The molecule has 1 aliphatic rings. The van der Waals surface area contributed by atoms with Gasteiger partial charge in [-0.05, 0) is 45.8 Å². The molecule has 2 aromatic heterocycles. The van der Waals surface area contributed by atoms with Crippen molar-refractivity contribution in [3.63, 3.8) is 0 Å². The molecule has 1 aromatic carbocycles. The summed E-state index contributed by atoms with van der Waals surface area (Å²) >= 11 is 3.33. The highest BCUT2D eigenvalue weighted by molar-refractivity contribution is 9.10. The number of halogens is 1. The summed E-state index contributed by atoms with van der Waals surface area (Å²) in [6.45, 7) is 0. The number of fused-ring (bicyclic) bond motifs is 1. The summed E-state index contributed by atoms with van der Waals surface area (Å²) in [5.74, 6) is -0.0854. The van der Waals surface area contributed by atoms with E-state index in [1.807, 2.05) is 6.07 Å². The van der Waals surface area contributed by atoms with E-state index in [0.29, 0.717) is 21.3 Å². The molecule has 1 atom stereocenters. The summed E-state index contributed by atoms with van der Waals surface area (Å²) in [7, 11) is 1.45. The van der Waals surface area contributed by atoms with Gasteiger partial charge in [-0.1, -0.05) is 0 Å². The monoisotopic (exact) mass is 439 g/mol. The molecular formula is C19H14BrN5O3. The van der Waals surface area contributed by atoms with E-state index in [1.54, 1.807) is 30.6 Å². The van der Waals surface area contributed by atoms with Gasteiger partial charge in [0.15, 0.2) is 11.5 Å². The molecule has 0 aliphatic carbocycles. The van der Waals surface area contributed by atoms with Crippen molar-refractivity contribution in [2.75, 3.05) is 7.11 Å². The minimum atomic E-state index is -0.575. The minimum absolute atomic E-state index is 0.0209. The number of nitrogens with one attached hydrogen (secondary N) is 1. The number of aromatic hydroxyl groups is 1. The number of rotatable bonds is 3. The van der Waals surface area contributed by atoms with Gasteiger partial charge in [-0.2, -0.15) is 5.26 Å². The molecule has 4 rings (SSSR count). The Morgan fingerprint density at radius 3 is 2.93 bits per heavy atom. The predicted molar refractivity (Wildman–Crippen MR) is 103 cm³/mol. The van der Waals surface area contributed by atoms with E-state index in [2.05, 4.69) is 37.2 Å². The number of hydrogen-bond donors (Lipinski definition) is 3. The van der Waals surface area contributed by atoms with Crippen LogP contribution in [0.4, 0.5) is 0 Å². The van der Waals surface area contributed by atoms with Gasteiger partial charge in [0.25, 0.3) is 0 Å². The van der Waals surface area contributed by atoms with Crippen LogP contribution < -0.4 is 15.2 Å².